The van der Waals surface area contributed by atoms with Gasteiger partial charge in [-0.25, -0.2) is 0 Å². The van der Waals surface area contributed by atoms with E-state index in [1.165, 1.54) is 10.8 Å². The summed E-state index contributed by atoms with van der Waals surface area (Å²) in [6, 6.07) is 62.9. The molecule has 57 heavy (non-hydrogen) atoms. The van der Waals surface area contributed by atoms with E-state index in [0.29, 0.717) is 5.56 Å². The number of benzene rings is 9. The van der Waals surface area contributed by atoms with Crippen LogP contribution in [0.3, 0.4) is 0 Å². The van der Waals surface area contributed by atoms with E-state index < -0.39 is 6.04 Å². The maximum atomic E-state index is 8.58. The van der Waals surface area contributed by atoms with Crippen LogP contribution >= 0.6 is 0 Å². The fourth-order valence-corrected chi connectivity index (χ4v) is 8.20. The van der Waals surface area contributed by atoms with Crippen LogP contribution in [0.1, 0.15) is 6.85 Å². The lowest BCUT2D eigenvalue weighted by Crippen LogP contribution is -2.10. The number of hydrogen-bond donors (Lipinski definition) is 0. The zero-order valence-corrected chi connectivity index (χ0v) is 30.7. The minimum atomic E-state index is -0.408. The third kappa shape index (κ3) is 5.68. The minimum absolute atomic E-state index is 0.174. The second kappa shape index (κ2) is 13.6. The van der Waals surface area contributed by atoms with Crippen LogP contribution in [0.15, 0.2) is 223 Å². The first-order valence-electron chi connectivity index (χ1n) is 21.5. The van der Waals surface area contributed by atoms with Crippen LogP contribution in [0, 0.1) is 0 Å². The van der Waals surface area contributed by atoms with Crippen molar-refractivity contribution in [1.82, 2.24) is 4.57 Å². The van der Waals surface area contributed by atoms with Gasteiger partial charge in [0.2, 0.25) is 0 Å². The van der Waals surface area contributed by atoms with Crippen LogP contribution in [-0.4, -0.2) is 4.57 Å². The van der Waals surface area contributed by atoms with Gasteiger partial charge in [-0.2, -0.15) is 0 Å². The highest BCUT2D eigenvalue weighted by Crippen LogP contribution is 2.40. The van der Waals surface area contributed by atoms with Crippen molar-refractivity contribution in [1.29, 1.82) is 0 Å². The van der Waals surface area contributed by atoms with Crippen LogP contribution in [0.5, 0.6) is 0 Å². The molecule has 0 N–H and O–H groups in total. The van der Waals surface area contributed by atoms with E-state index in [9.17, 15) is 0 Å². The lowest BCUT2D eigenvalue weighted by atomic mass is 10.00. The molecule has 0 fully saturated rings. The molecule has 0 bridgehead atoms. The molecule has 0 aliphatic heterocycles. The minimum Gasteiger partial charge on any atom is -0.455 e. The summed E-state index contributed by atoms with van der Waals surface area (Å²) in [7, 11) is 0. The van der Waals surface area contributed by atoms with Crippen LogP contribution in [0.2, 0.25) is 0 Å². The highest BCUT2D eigenvalue weighted by atomic mass is 16.3. The van der Waals surface area contributed by atoms with Crippen LogP contribution < -0.4 is 4.90 Å². The maximum Gasteiger partial charge on any atom is 0.143 e. The zero-order valence-electron chi connectivity index (χ0n) is 35.7. The number of fused-ring (bicyclic) bond motifs is 6. The van der Waals surface area contributed by atoms with Crippen molar-refractivity contribution < 1.29 is 11.3 Å². The molecule has 2 aromatic heterocycles. The van der Waals surface area contributed by atoms with Gasteiger partial charge in [-0.15, -0.1) is 0 Å². The van der Waals surface area contributed by atoms with Gasteiger partial charge in [0.15, 0.2) is 0 Å². The van der Waals surface area contributed by atoms with Crippen LogP contribution in [-0.2, 0) is 0 Å². The molecule has 2 heterocycles. The molecule has 3 heteroatoms. The Morgan fingerprint density at radius 3 is 1.60 bits per heavy atom. The molecule has 9 aromatic carbocycles. The Kier molecular flexibility index (Phi) is 6.65. The Bertz CT molecular complexity index is 3420. The molecule has 11 rings (SSSR count). The third-order valence-electron chi connectivity index (χ3n) is 10.9. The summed E-state index contributed by atoms with van der Waals surface area (Å²) in [6.07, 6.45) is 0. The third-order valence-corrected chi connectivity index (χ3v) is 10.9. The Labute approximate surface area is 337 Å². The lowest BCUT2D eigenvalue weighted by Gasteiger charge is -2.26. The van der Waals surface area contributed by atoms with Crippen molar-refractivity contribution in [3.8, 4) is 39.1 Å². The Hall–Kier alpha value is -7.62. The Morgan fingerprint density at radius 1 is 0.404 bits per heavy atom. The molecule has 0 unspecified atom stereocenters. The lowest BCUT2D eigenvalue weighted by molar-refractivity contribution is 0.670. The number of hydrogen-bond acceptors (Lipinski definition) is 2. The van der Waals surface area contributed by atoms with Crippen LogP contribution in [0.25, 0.3) is 82.8 Å². The van der Waals surface area contributed by atoms with Crippen molar-refractivity contribution in [3.05, 3.63) is 218 Å². The smallest absolute Gasteiger partial charge is 0.143 e. The predicted molar refractivity (Wildman–Crippen MR) is 239 cm³/mol. The monoisotopic (exact) mass is 733 g/mol. The highest BCUT2D eigenvalue weighted by molar-refractivity contribution is 6.11. The van der Waals surface area contributed by atoms with E-state index in [0.717, 1.165) is 78.0 Å². The molecular formula is C54H36N2O. The van der Waals surface area contributed by atoms with E-state index in [1.807, 2.05) is 42.5 Å². The van der Waals surface area contributed by atoms with E-state index in [4.69, 9.17) is 11.3 Å². The first-order valence-corrected chi connectivity index (χ1v) is 19.0. The van der Waals surface area contributed by atoms with Crippen molar-refractivity contribution in [3.63, 3.8) is 0 Å². The van der Waals surface area contributed by atoms with Gasteiger partial charge >= 0.3 is 0 Å². The van der Waals surface area contributed by atoms with Crippen LogP contribution in [0.4, 0.5) is 17.1 Å². The largest absolute Gasteiger partial charge is 0.455 e. The number of furan rings is 1. The van der Waals surface area contributed by atoms with Gasteiger partial charge in [-0.1, -0.05) is 145 Å². The van der Waals surface area contributed by atoms with Crippen molar-refractivity contribution in [2.45, 2.75) is 0 Å². The summed E-state index contributed by atoms with van der Waals surface area (Å²) in [4.78, 5) is 2.17. The number of para-hydroxylation sites is 3. The standard InChI is InChI=1S/C54H36N2O/c1-3-12-37(13-4-1)38-22-27-42(28-23-38)55(44-31-33-45(34-32-44)56-51-20-9-7-16-47(51)48-17-8-10-21-52(48)56)43-29-24-39(25-30-43)41-26-35-53-50(36-41)49-19-11-18-46(54(49)57-53)40-14-5-2-6-15-40/h1-36H/i1D,3D,4D,12D,13D. The average Bonchev–Trinajstić information content (AvgIpc) is 3.87. The number of rotatable bonds is 7. The second-order valence-corrected chi connectivity index (χ2v) is 14.2. The normalized spacial score (nSPS) is 12.7. The zero-order chi connectivity index (χ0) is 42.1. The second-order valence-electron chi connectivity index (χ2n) is 14.2. The van der Waals surface area contributed by atoms with Crippen molar-refractivity contribution in [2.24, 2.45) is 0 Å². The van der Waals surface area contributed by atoms with Gasteiger partial charge in [0, 0.05) is 49.9 Å². The van der Waals surface area contributed by atoms with Gasteiger partial charge in [0.25, 0.3) is 0 Å². The van der Waals surface area contributed by atoms with E-state index in [2.05, 4.69) is 155 Å². The summed E-state index contributed by atoms with van der Waals surface area (Å²) >= 11 is 0. The van der Waals surface area contributed by atoms with Gasteiger partial charge < -0.3 is 13.9 Å². The number of aromatic nitrogens is 1. The van der Waals surface area contributed by atoms with Crippen molar-refractivity contribution >= 4 is 60.8 Å². The van der Waals surface area contributed by atoms with Gasteiger partial charge in [-0.3, -0.25) is 0 Å². The molecule has 3 nitrogen and oxygen atoms in total. The first kappa shape index (κ1) is 27.9. The number of nitrogens with zero attached hydrogens (tertiary/aromatic N) is 2. The first-order chi connectivity index (χ1) is 30.3. The molecule has 0 amide bonds. The molecular weight excluding hydrogens is 693 g/mol. The summed E-state index contributed by atoms with van der Waals surface area (Å²) in [5.74, 6) is 0. The summed E-state index contributed by atoms with van der Waals surface area (Å²) in [5.41, 5.74) is 12.7. The van der Waals surface area contributed by atoms with Gasteiger partial charge in [-0.05, 0) is 101 Å². The van der Waals surface area contributed by atoms with E-state index in [-0.39, 0.29) is 29.7 Å². The molecule has 0 radical (unpaired) electrons. The molecule has 0 aliphatic carbocycles. The van der Waals surface area contributed by atoms with Gasteiger partial charge in [0.1, 0.15) is 11.2 Å². The summed E-state index contributed by atoms with van der Waals surface area (Å²) in [6.45, 7) is 0. The van der Waals surface area contributed by atoms with Crippen molar-refractivity contribution in [2.75, 3.05) is 4.90 Å². The summed E-state index contributed by atoms with van der Waals surface area (Å²) in [5, 5.41) is 4.53. The van der Waals surface area contributed by atoms with E-state index >= 15 is 0 Å². The topological polar surface area (TPSA) is 21.3 Å². The average molecular weight is 734 g/mol. The Balaban J connectivity index is 0.997. The SMILES string of the molecule is [2H]c1c([2H])c([2H])c(-c2ccc(N(c3ccc(-c4ccc5oc6c(-c7ccccc7)cccc6c5c4)cc3)c3ccc(-n4c5ccccc5c5ccccc54)cc3)cc2)c([2H])c1[2H]. The molecule has 0 saturated carbocycles. The fraction of sp³-hybridized carbons (Fsp3) is 0. The molecule has 0 spiro atoms. The van der Waals surface area contributed by atoms with Gasteiger partial charge in [0.05, 0.1) is 17.9 Å². The maximum absolute atomic E-state index is 8.58. The summed E-state index contributed by atoms with van der Waals surface area (Å²) < 4.78 is 50.5. The molecule has 268 valence electrons. The molecule has 0 saturated heterocycles. The van der Waals surface area contributed by atoms with E-state index in [1.54, 1.807) is 0 Å². The molecule has 11 aromatic rings. The fourth-order valence-electron chi connectivity index (χ4n) is 8.20. The predicted octanol–water partition coefficient (Wildman–Crippen LogP) is 15.2. The quantitative estimate of drug-likeness (QED) is 0.163. The molecule has 0 atom stereocenters. The molecule has 0 aliphatic rings. The Morgan fingerprint density at radius 2 is 0.947 bits per heavy atom. The number of anilines is 3. The highest BCUT2D eigenvalue weighted by Gasteiger charge is 2.17.